The second kappa shape index (κ2) is 3.43. The van der Waals surface area contributed by atoms with E-state index in [1.165, 1.54) is 0 Å². The molecule has 0 saturated heterocycles. The molecule has 0 spiro atoms. The molecule has 0 atom stereocenters. The average molecular weight is 226 g/mol. The first-order valence-electron chi connectivity index (χ1n) is 4.61. The quantitative estimate of drug-likeness (QED) is 0.594. The first-order valence-corrected chi connectivity index (χ1v) is 5.49. The van der Waals surface area contributed by atoms with Crippen molar-refractivity contribution in [2.75, 3.05) is 0 Å². The van der Waals surface area contributed by atoms with Crippen LogP contribution in [0.3, 0.4) is 0 Å². The van der Waals surface area contributed by atoms with Crippen LogP contribution < -0.4 is 0 Å². The Morgan fingerprint density at radius 1 is 1.25 bits per heavy atom. The Morgan fingerprint density at radius 3 is 2.94 bits per heavy atom. The van der Waals surface area contributed by atoms with Gasteiger partial charge < -0.3 is 0 Å². The number of nitrogens with zero attached hydrogens (tertiary/aromatic N) is 4. The standard InChI is InChI=1S/C11H6N4S/c1-2-8-5-6-10-12-13-11(15(10)14-8)9-4-3-7-16-9/h1,3-7H. The Balaban J connectivity index is 2.31. The van der Waals surface area contributed by atoms with Crippen LogP contribution in [0.5, 0.6) is 0 Å². The van der Waals surface area contributed by atoms with Gasteiger partial charge in [0.25, 0.3) is 0 Å². The predicted octanol–water partition coefficient (Wildman–Crippen LogP) is 1.83. The minimum absolute atomic E-state index is 0.574. The Morgan fingerprint density at radius 2 is 2.19 bits per heavy atom. The van der Waals surface area contributed by atoms with Crippen LogP contribution in [-0.4, -0.2) is 19.8 Å². The molecule has 76 valence electrons. The van der Waals surface area contributed by atoms with E-state index in [2.05, 4.69) is 21.2 Å². The van der Waals surface area contributed by atoms with E-state index in [9.17, 15) is 0 Å². The van der Waals surface area contributed by atoms with Crippen molar-refractivity contribution in [2.24, 2.45) is 0 Å². The lowest BCUT2D eigenvalue weighted by Crippen LogP contribution is -1.96. The maximum absolute atomic E-state index is 5.31. The van der Waals surface area contributed by atoms with Crippen LogP contribution in [0.4, 0.5) is 0 Å². The zero-order valence-corrected chi connectivity index (χ0v) is 8.98. The number of thiophene rings is 1. The summed E-state index contributed by atoms with van der Waals surface area (Å²) in [6.45, 7) is 0. The summed E-state index contributed by atoms with van der Waals surface area (Å²) in [6, 6.07) is 7.51. The Labute approximate surface area is 95.6 Å². The van der Waals surface area contributed by atoms with Gasteiger partial charge in [-0.1, -0.05) is 6.07 Å². The van der Waals surface area contributed by atoms with E-state index in [-0.39, 0.29) is 0 Å². The lowest BCUT2D eigenvalue weighted by atomic mass is 10.4. The van der Waals surface area contributed by atoms with Crippen molar-refractivity contribution in [2.45, 2.75) is 0 Å². The SMILES string of the molecule is C#Cc1ccc2nnc(-c3cccs3)n2n1. The van der Waals surface area contributed by atoms with Crippen molar-refractivity contribution in [1.82, 2.24) is 19.8 Å². The van der Waals surface area contributed by atoms with E-state index < -0.39 is 0 Å². The molecule has 3 rings (SSSR count). The molecule has 0 saturated carbocycles. The second-order valence-corrected chi connectivity index (χ2v) is 4.08. The van der Waals surface area contributed by atoms with Crippen molar-refractivity contribution >= 4 is 17.0 Å². The maximum Gasteiger partial charge on any atom is 0.195 e. The van der Waals surface area contributed by atoms with E-state index >= 15 is 0 Å². The topological polar surface area (TPSA) is 43.1 Å². The Bertz CT molecular complexity index is 676. The summed E-state index contributed by atoms with van der Waals surface area (Å²) in [7, 11) is 0. The second-order valence-electron chi connectivity index (χ2n) is 3.13. The fourth-order valence-electron chi connectivity index (χ4n) is 1.43. The Hall–Kier alpha value is -2.19. The van der Waals surface area contributed by atoms with Crippen LogP contribution in [0.1, 0.15) is 5.69 Å². The predicted molar refractivity (Wildman–Crippen MR) is 62.0 cm³/mol. The van der Waals surface area contributed by atoms with E-state index in [4.69, 9.17) is 6.42 Å². The van der Waals surface area contributed by atoms with Crippen LogP contribution in [0, 0.1) is 12.3 Å². The highest BCUT2D eigenvalue weighted by Crippen LogP contribution is 2.22. The highest BCUT2D eigenvalue weighted by atomic mass is 32.1. The van der Waals surface area contributed by atoms with Crippen LogP contribution in [0.25, 0.3) is 16.3 Å². The summed E-state index contributed by atoms with van der Waals surface area (Å²) in [5.74, 6) is 3.22. The van der Waals surface area contributed by atoms with Crippen molar-refractivity contribution in [3.63, 3.8) is 0 Å². The van der Waals surface area contributed by atoms with Gasteiger partial charge in [-0.2, -0.15) is 9.61 Å². The molecule has 0 amide bonds. The highest BCUT2D eigenvalue weighted by molar-refractivity contribution is 7.13. The van der Waals surface area contributed by atoms with Gasteiger partial charge in [-0.3, -0.25) is 0 Å². The molecule has 5 heteroatoms. The summed E-state index contributed by atoms with van der Waals surface area (Å²) < 4.78 is 1.67. The lowest BCUT2D eigenvalue weighted by Gasteiger charge is -1.95. The molecule has 0 unspecified atom stereocenters. The van der Waals surface area contributed by atoms with Gasteiger partial charge in [0.05, 0.1) is 4.88 Å². The first kappa shape index (κ1) is 9.07. The molecule has 4 nitrogen and oxygen atoms in total. The van der Waals surface area contributed by atoms with Gasteiger partial charge in [-0.25, -0.2) is 0 Å². The largest absolute Gasteiger partial charge is 0.195 e. The third kappa shape index (κ3) is 1.28. The first-order chi connectivity index (χ1) is 7.88. The number of hydrogen-bond acceptors (Lipinski definition) is 4. The molecular weight excluding hydrogens is 220 g/mol. The van der Waals surface area contributed by atoms with Crippen LogP contribution >= 0.6 is 11.3 Å². The molecule has 0 fully saturated rings. The molecular formula is C11H6N4S. The minimum atomic E-state index is 0.574. The molecule has 3 aromatic heterocycles. The van der Waals surface area contributed by atoms with Crippen molar-refractivity contribution < 1.29 is 0 Å². The van der Waals surface area contributed by atoms with Crippen molar-refractivity contribution in [3.8, 4) is 23.0 Å². The number of terminal acetylenes is 1. The van der Waals surface area contributed by atoms with Gasteiger partial charge in [-0.05, 0) is 29.5 Å². The Kier molecular flexibility index (Phi) is 1.95. The van der Waals surface area contributed by atoms with E-state index in [0.717, 1.165) is 10.7 Å². The number of fused-ring (bicyclic) bond motifs is 1. The molecule has 0 aromatic carbocycles. The molecule has 3 heterocycles. The molecule has 0 aliphatic carbocycles. The molecule has 0 aliphatic rings. The fraction of sp³-hybridized carbons (Fsp3) is 0. The van der Waals surface area contributed by atoms with E-state index in [1.807, 2.05) is 23.6 Å². The van der Waals surface area contributed by atoms with Gasteiger partial charge in [0.1, 0.15) is 5.69 Å². The molecule has 16 heavy (non-hydrogen) atoms. The van der Waals surface area contributed by atoms with E-state index in [0.29, 0.717) is 11.3 Å². The smallest absolute Gasteiger partial charge is 0.191 e. The molecule has 0 aliphatic heterocycles. The number of hydrogen-bond donors (Lipinski definition) is 0. The number of aromatic nitrogens is 4. The third-order valence-corrected chi connectivity index (χ3v) is 3.02. The average Bonchev–Trinajstić information content (AvgIpc) is 2.96. The van der Waals surface area contributed by atoms with Gasteiger partial charge >= 0.3 is 0 Å². The number of rotatable bonds is 1. The molecule has 3 aromatic rings. The minimum Gasteiger partial charge on any atom is -0.191 e. The summed E-state index contributed by atoms with van der Waals surface area (Å²) in [5, 5.41) is 14.4. The van der Waals surface area contributed by atoms with E-state index in [1.54, 1.807) is 21.9 Å². The van der Waals surface area contributed by atoms with Crippen LogP contribution in [0.2, 0.25) is 0 Å². The van der Waals surface area contributed by atoms with Crippen molar-refractivity contribution in [3.05, 3.63) is 35.3 Å². The molecule has 0 radical (unpaired) electrons. The van der Waals surface area contributed by atoms with Gasteiger partial charge in [0.15, 0.2) is 11.5 Å². The van der Waals surface area contributed by atoms with Gasteiger partial charge in [-0.15, -0.1) is 28.0 Å². The van der Waals surface area contributed by atoms with Crippen LogP contribution in [0.15, 0.2) is 29.6 Å². The zero-order valence-electron chi connectivity index (χ0n) is 8.16. The lowest BCUT2D eigenvalue weighted by molar-refractivity contribution is 0.926. The summed E-state index contributed by atoms with van der Waals surface area (Å²) in [5.41, 5.74) is 1.27. The maximum atomic E-state index is 5.31. The van der Waals surface area contributed by atoms with Crippen molar-refractivity contribution in [1.29, 1.82) is 0 Å². The normalized spacial score (nSPS) is 10.4. The zero-order chi connectivity index (χ0) is 11.0. The van der Waals surface area contributed by atoms with Crippen LogP contribution in [-0.2, 0) is 0 Å². The fourth-order valence-corrected chi connectivity index (χ4v) is 2.12. The van der Waals surface area contributed by atoms with Gasteiger partial charge in [0.2, 0.25) is 0 Å². The summed E-state index contributed by atoms with van der Waals surface area (Å²) >= 11 is 1.59. The van der Waals surface area contributed by atoms with Gasteiger partial charge in [0, 0.05) is 0 Å². The summed E-state index contributed by atoms with van der Waals surface area (Å²) in [6.07, 6.45) is 5.31. The highest BCUT2D eigenvalue weighted by Gasteiger charge is 2.09. The monoisotopic (exact) mass is 226 g/mol. The molecule has 0 N–H and O–H groups in total. The molecule has 0 bridgehead atoms. The summed E-state index contributed by atoms with van der Waals surface area (Å²) in [4.78, 5) is 1.02. The third-order valence-electron chi connectivity index (χ3n) is 2.15.